The monoisotopic (exact) mass is 222 g/mol. The Morgan fingerprint density at radius 1 is 1.19 bits per heavy atom. The van der Waals surface area contributed by atoms with Crippen LogP contribution in [0, 0.1) is 35.0 Å². The summed E-state index contributed by atoms with van der Waals surface area (Å²) in [6, 6.07) is 0. The maximum absolute atomic E-state index is 10.5. The summed E-state index contributed by atoms with van der Waals surface area (Å²) in [4.78, 5) is 0. The molecule has 92 valence electrons. The van der Waals surface area contributed by atoms with Crippen molar-refractivity contribution in [3.63, 3.8) is 0 Å². The minimum atomic E-state index is -0.351. The summed E-state index contributed by atoms with van der Waals surface area (Å²) in [5.41, 5.74) is 0.201. The summed E-state index contributed by atoms with van der Waals surface area (Å²) in [5.74, 6) is 4.01. The second-order valence-electron chi connectivity index (χ2n) is 7.36. The highest BCUT2D eigenvalue weighted by molar-refractivity contribution is 5.26. The Morgan fingerprint density at radius 3 is 2.50 bits per heavy atom. The standard InChI is InChI=1S/C15H26O/c1-9(2)11-6-5-10(3)15-8-7-14(4,16)13(15)12(11)15/h9-13,16H,5-8H2,1-4H3/t10-,11+,12-,13-,14+,15?/m1/s1. The molecule has 3 fully saturated rings. The third-order valence-electron chi connectivity index (χ3n) is 6.35. The predicted molar refractivity (Wildman–Crippen MR) is 66.0 cm³/mol. The molecule has 0 amide bonds. The van der Waals surface area contributed by atoms with Crippen molar-refractivity contribution < 1.29 is 5.11 Å². The summed E-state index contributed by atoms with van der Waals surface area (Å²) in [6.07, 6.45) is 5.13. The maximum atomic E-state index is 10.5. The van der Waals surface area contributed by atoms with Crippen molar-refractivity contribution in [2.75, 3.05) is 0 Å². The molecule has 3 rings (SSSR count). The van der Waals surface area contributed by atoms with Crippen molar-refractivity contribution in [1.82, 2.24) is 0 Å². The molecule has 16 heavy (non-hydrogen) atoms. The quantitative estimate of drug-likeness (QED) is 0.720. The second-order valence-corrected chi connectivity index (χ2v) is 7.36. The van der Waals surface area contributed by atoms with E-state index in [-0.39, 0.29) is 5.60 Å². The van der Waals surface area contributed by atoms with Gasteiger partial charge in [0, 0.05) is 0 Å². The van der Waals surface area contributed by atoms with Crippen molar-refractivity contribution in [3.05, 3.63) is 0 Å². The number of fused-ring (bicyclic) bond motifs is 1. The molecule has 3 aliphatic carbocycles. The smallest absolute Gasteiger partial charge is 0.0656 e. The van der Waals surface area contributed by atoms with Gasteiger partial charge in [-0.25, -0.2) is 0 Å². The van der Waals surface area contributed by atoms with Gasteiger partial charge in [0.2, 0.25) is 0 Å². The molecular weight excluding hydrogens is 196 g/mol. The van der Waals surface area contributed by atoms with E-state index in [0.29, 0.717) is 11.3 Å². The molecule has 0 aromatic carbocycles. The lowest BCUT2D eigenvalue weighted by Crippen LogP contribution is -2.30. The average Bonchev–Trinajstić information content (AvgIpc) is 2.79. The Balaban J connectivity index is 1.92. The van der Waals surface area contributed by atoms with Gasteiger partial charge in [-0.15, -0.1) is 0 Å². The number of hydrogen-bond donors (Lipinski definition) is 1. The SMILES string of the molecule is CC(C)[C@@H]1CC[C@@H](C)C23CC[C@](C)(O)[C@H]2[C@@H]13. The summed E-state index contributed by atoms with van der Waals surface area (Å²) in [6.45, 7) is 9.27. The van der Waals surface area contributed by atoms with Gasteiger partial charge in [0.25, 0.3) is 0 Å². The van der Waals surface area contributed by atoms with Gasteiger partial charge in [-0.2, -0.15) is 0 Å². The van der Waals surface area contributed by atoms with Crippen molar-refractivity contribution in [1.29, 1.82) is 0 Å². The number of hydrogen-bond acceptors (Lipinski definition) is 1. The third kappa shape index (κ3) is 1.11. The van der Waals surface area contributed by atoms with Gasteiger partial charge in [-0.3, -0.25) is 0 Å². The van der Waals surface area contributed by atoms with Crippen molar-refractivity contribution in [2.45, 2.75) is 59.0 Å². The van der Waals surface area contributed by atoms with Gasteiger partial charge < -0.3 is 5.11 Å². The molecule has 0 aromatic heterocycles. The second kappa shape index (κ2) is 3.04. The summed E-state index contributed by atoms with van der Waals surface area (Å²) >= 11 is 0. The van der Waals surface area contributed by atoms with E-state index in [9.17, 15) is 5.11 Å². The molecule has 0 radical (unpaired) electrons. The fourth-order valence-corrected chi connectivity index (χ4v) is 5.57. The highest BCUT2D eigenvalue weighted by atomic mass is 16.3. The zero-order chi connectivity index (χ0) is 11.7. The molecule has 0 bridgehead atoms. The summed E-state index contributed by atoms with van der Waals surface area (Å²) in [7, 11) is 0. The molecule has 3 aliphatic rings. The zero-order valence-corrected chi connectivity index (χ0v) is 11.2. The number of aliphatic hydroxyl groups is 1. The van der Waals surface area contributed by atoms with Crippen molar-refractivity contribution in [3.8, 4) is 0 Å². The van der Waals surface area contributed by atoms with Crippen LogP contribution < -0.4 is 0 Å². The molecule has 1 N–H and O–H groups in total. The first-order valence-electron chi connectivity index (χ1n) is 7.13. The highest BCUT2D eigenvalue weighted by Crippen LogP contribution is 2.80. The minimum Gasteiger partial charge on any atom is -0.390 e. The Morgan fingerprint density at radius 2 is 1.88 bits per heavy atom. The molecule has 1 nitrogen and oxygen atoms in total. The maximum Gasteiger partial charge on any atom is 0.0656 e. The summed E-state index contributed by atoms with van der Waals surface area (Å²) in [5, 5.41) is 10.5. The van der Waals surface area contributed by atoms with Crippen LogP contribution in [0.1, 0.15) is 53.4 Å². The normalized spacial score (nSPS) is 59.6. The first-order valence-corrected chi connectivity index (χ1v) is 7.13. The van der Waals surface area contributed by atoms with E-state index in [1.165, 1.54) is 19.3 Å². The Hall–Kier alpha value is -0.0400. The fourth-order valence-electron chi connectivity index (χ4n) is 5.57. The molecule has 0 heterocycles. The topological polar surface area (TPSA) is 20.2 Å². The van der Waals surface area contributed by atoms with E-state index in [0.717, 1.165) is 30.1 Å². The first kappa shape index (κ1) is 11.1. The predicted octanol–water partition coefficient (Wildman–Crippen LogP) is 3.47. The van der Waals surface area contributed by atoms with Gasteiger partial charge in [-0.1, -0.05) is 20.8 Å². The van der Waals surface area contributed by atoms with Crippen LogP contribution in [0.15, 0.2) is 0 Å². The lowest BCUT2D eigenvalue weighted by atomic mass is 9.69. The molecule has 0 aliphatic heterocycles. The van der Waals surface area contributed by atoms with Gasteiger partial charge in [-0.05, 0) is 67.6 Å². The van der Waals surface area contributed by atoms with Gasteiger partial charge >= 0.3 is 0 Å². The van der Waals surface area contributed by atoms with Crippen LogP contribution in [0.2, 0.25) is 0 Å². The van der Waals surface area contributed by atoms with E-state index >= 15 is 0 Å². The van der Waals surface area contributed by atoms with Crippen molar-refractivity contribution in [2.24, 2.45) is 35.0 Å². The first-order chi connectivity index (χ1) is 7.41. The van der Waals surface area contributed by atoms with Crippen LogP contribution in [-0.2, 0) is 0 Å². The Bertz CT molecular complexity index is 307. The van der Waals surface area contributed by atoms with Crippen LogP contribution in [0.4, 0.5) is 0 Å². The van der Waals surface area contributed by atoms with Gasteiger partial charge in [0.15, 0.2) is 0 Å². The van der Waals surface area contributed by atoms with E-state index in [2.05, 4.69) is 27.7 Å². The van der Waals surface area contributed by atoms with Gasteiger partial charge in [0.1, 0.15) is 0 Å². The van der Waals surface area contributed by atoms with Crippen molar-refractivity contribution >= 4 is 0 Å². The van der Waals surface area contributed by atoms with Crippen LogP contribution in [-0.4, -0.2) is 10.7 Å². The fraction of sp³-hybridized carbons (Fsp3) is 1.00. The van der Waals surface area contributed by atoms with E-state index in [4.69, 9.17) is 0 Å². The Labute approximate surface area is 99.6 Å². The van der Waals surface area contributed by atoms with E-state index < -0.39 is 0 Å². The Kier molecular flexibility index (Phi) is 2.11. The molecule has 1 unspecified atom stereocenters. The molecule has 6 atom stereocenters. The van der Waals surface area contributed by atoms with Crippen LogP contribution in [0.5, 0.6) is 0 Å². The van der Waals surface area contributed by atoms with Crippen LogP contribution >= 0.6 is 0 Å². The molecular formula is C15H26O. The van der Waals surface area contributed by atoms with Crippen LogP contribution in [0.3, 0.4) is 0 Å². The molecule has 0 aromatic rings. The largest absolute Gasteiger partial charge is 0.390 e. The lowest BCUT2D eigenvalue weighted by Gasteiger charge is -2.36. The van der Waals surface area contributed by atoms with Gasteiger partial charge in [0.05, 0.1) is 5.60 Å². The molecule has 3 saturated carbocycles. The lowest BCUT2D eigenvalue weighted by molar-refractivity contribution is 0.0291. The summed E-state index contributed by atoms with van der Waals surface area (Å²) < 4.78 is 0. The minimum absolute atomic E-state index is 0.351. The average molecular weight is 222 g/mol. The number of rotatable bonds is 1. The van der Waals surface area contributed by atoms with E-state index in [1.807, 2.05) is 0 Å². The molecule has 1 spiro atoms. The highest BCUT2D eigenvalue weighted by Gasteiger charge is 2.77. The molecule has 0 saturated heterocycles. The molecule has 1 heteroatoms. The third-order valence-corrected chi connectivity index (χ3v) is 6.35. The van der Waals surface area contributed by atoms with Crippen LogP contribution in [0.25, 0.3) is 0 Å². The van der Waals surface area contributed by atoms with E-state index in [1.54, 1.807) is 0 Å². The zero-order valence-electron chi connectivity index (χ0n) is 11.2.